The number of hydrogen-bond donors (Lipinski definition) is 2. The lowest BCUT2D eigenvalue weighted by Gasteiger charge is -2.23. The van der Waals surface area contributed by atoms with Crippen molar-refractivity contribution in [2.45, 2.75) is 45.8 Å². The lowest BCUT2D eigenvalue weighted by molar-refractivity contribution is 0.0994. The summed E-state index contributed by atoms with van der Waals surface area (Å²) in [7, 11) is 3.77. The molecule has 1 atom stereocenters. The molecule has 1 unspecified atom stereocenters. The third-order valence-electron chi connectivity index (χ3n) is 7.24. The van der Waals surface area contributed by atoms with Gasteiger partial charge in [0.1, 0.15) is 11.6 Å². The largest absolute Gasteiger partial charge is 0.492 e. The molecule has 0 aliphatic carbocycles. The van der Waals surface area contributed by atoms with Crippen LogP contribution in [0.5, 0.6) is 5.75 Å². The van der Waals surface area contributed by atoms with Crippen molar-refractivity contribution >= 4 is 34.5 Å². The third-order valence-corrected chi connectivity index (χ3v) is 7.24. The number of hydrogen-bond acceptors (Lipinski definition) is 7. The minimum Gasteiger partial charge on any atom is -0.492 e. The molecule has 200 valence electrons. The molecule has 2 aliphatic rings. The van der Waals surface area contributed by atoms with Crippen LogP contribution in [0.15, 0.2) is 54.7 Å². The van der Waals surface area contributed by atoms with Crippen molar-refractivity contribution in [2.75, 3.05) is 48.9 Å². The molecule has 0 spiro atoms. The van der Waals surface area contributed by atoms with Crippen LogP contribution in [0.2, 0.25) is 0 Å². The molecule has 0 saturated carbocycles. The second-order valence-electron chi connectivity index (χ2n) is 10.4. The number of carbonyl (C=O) groups is 1. The normalized spacial score (nSPS) is 17.4. The van der Waals surface area contributed by atoms with Gasteiger partial charge in [-0.3, -0.25) is 9.69 Å². The predicted octanol–water partition coefficient (Wildman–Crippen LogP) is 5.15. The highest BCUT2D eigenvalue weighted by atomic mass is 16.5. The van der Waals surface area contributed by atoms with Crippen LogP contribution in [0.25, 0.3) is 0 Å². The number of pyridine rings is 1. The summed E-state index contributed by atoms with van der Waals surface area (Å²) < 4.78 is 6.04. The topological polar surface area (TPSA) is 73.0 Å². The molecule has 1 saturated heterocycles. The molecule has 38 heavy (non-hydrogen) atoms. The molecule has 2 aromatic carbocycles. The van der Waals surface area contributed by atoms with Crippen molar-refractivity contribution in [3.8, 4) is 5.75 Å². The summed E-state index contributed by atoms with van der Waals surface area (Å²) in [6.45, 7) is 10.0. The standard InChI is InChI=1S/C30H38N6O2/c1-6-38-28-15-21(18-36-14-13-22(19-36)32-20(2)3)11-12-24(28)33-29-16-26-27(17-31-29)35(5)30(37)23-9-7-8-10-25(23)34(26)4/h7-12,15-17,20,22,32H,6,13-14,18-19H2,1-5H3,(H,31,33). The summed E-state index contributed by atoms with van der Waals surface area (Å²) in [4.78, 5) is 23.9. The Hall–Kier alpha value is -3.62. The maximum Gasteiger partial charge on any atom is 0.260 e. The van der Waals surface area contributed by atoms with E-state index in [1.54, 1.807) is 18.1 Å². The van der Waals surface area contributed by atoms with Gasteiger partial charge in [0.15, 0.2) is 0 Å². The number of nitrogens with zero attached hydrogens (tertiary/aromatic N) is 4. The molecule has 2 N–H and O–H groups in total. The highest BCUT2D eigenvalue weighted by molar-refractivity contribution is 6.13. The van der Waals surface area contributed by atoms with E-state index < -0.39 is 0 Å². The number of fused-ring (bicyclic) bond motifs is 2. The van der Waals surface area contributed by atoms with Gasteiger partial charge >= 0.3 is 0 Å². The number of likely N-dealkylation sites (tertiary alicyclic amines) is 1. The van der Waals surface area contributed by atoms with Gasteiger partial charge in [-0.15, -0.1) is 0 Å². The number of benzene rings is 2. The van der Waals surface area contributed by atoms with Crippen LogP contribution in [0.1, 0.15) is 43.1 Å². The van der Waals surface area contributed by atoms with Gasteiger partial charge in [-0.25, -0.2) is 4.98 Å². The first-order chi connectivity index (χ1) is 18.3. The van der Waals surface area contributed by atoms with E-state index in [9.17, 15) is 4.79 Å². The Balaban J connectivity index is 1.37. The summed E-state index contributed by atoms with van der Waals surface area (Å²) in [5, 5.41) is 7.11. The fourth-order valence-electron chi connectivity index (χ4n) is 5.42. The van der Waals surface area contributed by atoms with Crippen LogP contribution in [0, 0.1) is 0 Å². The second kappa shape index (κ2) is 11.0. The predicted molar refractivity (Wildman–Crippen MR) is 154 cm³/mol. The van der Waals surface area contributed by atoms with Crippen LogP contribution in [-0.4, -0.2) is 61.7 Å². The smallest absolute Gasteiger partial charge is 0.260 e. The fourth-order valence-corrected chi connectivity index (χ4v) is 5.42. The Labute approximate surface area is 225 Å². The first-order valence-electron chi connectivity index (χ1n) is 13.5. The van der Waals surface area contributed by atoms with Gasteiger partial charge in [-0.05, 0) is 43.2 Å². The van der Waals surface area contributed by atoms with Crippen molar-refractivity contribution in [2.24, 2.45) is 0 Å². The Morgan fingerprint density at radius 1 is 1.05 bits per heavy atom. The van der Waals surface area contributed by atoms with Crippen molar-refractivity contribution in [3.05, 3.63) is 65.9 Å². The number of carbonyl (C=O) groups excluding carboxylic acids is 1. The van der Waals surface area contributed by atoms with Gasteiger partial charge < -0.3 is 25.2 Å². The average Bonchev–Trinajstić information content (AvgIpc) is 3.32. The maximum atomic E-state index is 13.1. The molecule has 0 radical (unpaired) electrons. The highest BCUT2D eigenvalue weighted by Crippen LogP contribution is 2.40. The highest BCUT2D eigenvalue weighted by Gasteiger charge is 2.28. The van der Waals surface area contributed by atoms with Gasteiger partial charge in [0.2, 0.25) is 0 Å². The third kappa shape index (κ3) is 5.33. The Kier molecular flexibility index (Phi) is 7.53. The molecule has 8 nitrogen and oxygen atoms in total. The number of ether oxygens (including phenoxy) is 1. The SMILES string of the molecule is CCOc1cc(CN2CCC(NC(C)C)C2)ccc1Nc1cc2c(cn1)N(C)C(=O)c1ccccc1N2C. The van der Waals surface area contributed by atoms with E-state index in [0.717, 1.165) is 48.1 Å². The second-order valence-corrected chi connectivity index (χ2v) is 10.4. The molecular formula is C30H38N6O2. The molecule has 3 aromatic rings. The van der Waals surface area contributed by atoms with Crippen LogP contribution in [0.3, 0.4) is 0 Å². The zero-order valence-corrected chi connectivity index (χ0v) is 23.0. The number of amides is 1. The quantitative estimate of drug-likeness (QED) is 0.431. The van der Waals surface area contributed by atoms with E-state index in [1.807, 2.05) is 49.2 Å². The van der Waals surface area contributed by atoms with Gasteiger partial charge in [0.05, 0.1) is 41.1 Å². The Bertz CT molecular complexity index is 1310. The molecular weight excluding hydrogens is 476 g/mol. The summed E-state index contributed by atoms with van der Waals surface area (Å²) in [5.74, 6) is 1.45. The summed E-state index contributed by atoms with van der Waals surface area (Å²) >= 11 is 0. The number of rotatable bonds is 8. The molecule has 0 bridgehead atoms. The monoisotopic (exact) mass is 514 g/mol. The van der Waals surface area contributed by atoms with E-state index in [-0.39, 0.29) is 5.91 Å². The summed E-state index contributed by atoms with van der Waals surface area (Å²) in [6.07, 6.45) is 2.93. The van der Waals surface area contributed by atoms with Gasteiger partial charge in [0.25, 0.3) is 5.91 Å². The van der Waals surface area contributed by atoms with Gasteiger partial charge in [-0.2, -0.15) is 0 Å². The van der Waals surface area contributed by atoms with Crippen LogP contribution in [0.4, 0.5) is 28.6 Å². The number of aromatic nitrogens is 1. The zero-order valence-electron chi connectivity index (χ0n) is 23.0. The molecule has 8 heteroatoms. The molecule has 1 aromatic heterocycles. The molecule has 1 amide bonds. The van der Waals surface area contributed by atoms with Crippen molar-refractivity contribution < 1.29 is 9.53 Å². The Morgan fingerprint density at radius 2 is 1.87 bits per heavy atom. The van der Waals surface area contributed by atoms with Crippen LogP contribution < -0.4 is 25.2 Å². The lowest BCUT2D eigenvalue weighted by atomic mass is 10.1. The van der Waals surface area contributed by atoms with E-state index in [2.05, 4.69) is 52.6 Å². The van der Waals surface area contributed by atoms with E-state index in [0.29, 0.717) is 30.1 Å². The lowest BCUT2D eigenvalue weighted by Crippen LogP contribution is -2.36. The number of para-hydroxylation sites is 1. The van der Waals surface area contributed by atoms with Crippen LogP contribution >= 0.6 is 0 Å². The van der Waals surface area contributed by atoms with Crippen molar-refractivity contribution in [1.82, 2.24) is 15.2 Å². The molecule has 2 aliphatic heterocycles. The molecule has 3 heterocycles. The van der Waals surface area contributed by atoms with E-state index in [1.165, 1.54) is 12.0 Å². The Morgan fingerprint density at radius 3 is 2.66 bits per heavy atom. The van der Waals surface area contributed by atoms with Crippen molar-refractivity contribution in [3.63, 3.8) is 0 Å². The fraction of sp³-hybridized carbons (Fsp3) is 0.400. The van der Waals surface area contributed by atoms with E-state index >= 15 is 0 Å². The molecule has 1 fully saturated rings. The summed E-state index contributed by atoms with van der Waals surface area (Å²) in [5.41, 5.74) is 5.29. The minimum atomic E-state index is -0.0489. The zero-order chi connectivity index (χ0) is 26.8. The van der Waals surface area contributed by atoms with Crippen LogP contribution in [-0.2, 0) is 6.54 Å². The van der Waals surface area contributed by atoms with Crippen molar-refractivity contribution in [1.29, 1.82) is 0 Å². The maximum absolute atomic E-state index is 13.1. The van der Waals surface area contributed by atoms with Gasteiger partial charge in [-0.1, -0.05) is 32.0 Å². The molecule has 5 rings (SSSR count). The average molecular weight is 515 g/mol. The summed E-state index contributed by atoms with van der Waals surface area (Å²) in [6, 6.07) is 17.1. The number of anilines is 5. The first kappa shape index (κ1) is 26.0. The van der Waals surface area contributed by atoms with E-state index in [4.69, 9.17) is 4.74 Å². The number of nitrogens with one attached hydrogen (secondary N) is 2. The van der Waals surface area contributed by atoms with Gasteiger partial charge in [0, 0.05) is 51.9 Å². The minimum absolute atomic E-state index is 0.0489. The first-order valence-corrected chi connectivity index (χ1v) is 13.5.